The predicted molar refractivity (Wildman–Crippen MR) is 106 cm³/mol. The van der Waals surface area contributed by atoms with Crippen molar-refractivity contribution in [3.05, 3.63) is 34.9 Å². The van der Waals surface area contributed by atoms with Crippen LogP contribution in [0.5, 0.6) is 0 Å². The molecule has 0 unspecified atom stereocenters. The molecule has 0 spiro atoms. The van der Waals surface area contributed by atoms with E-state index in [1.54, 1.807) is 5.56 Å². The van der Waals surface area contributed by atoms with Crippen LogP contribution in [0.15, 0.2) is 12.1 Å². The van der Waals surface area contributed by atoms with Crippen molar-refractivity contribution in [3.8, 4) is 0 Å². The maximum atomic E-state index is 3.77. The van der Waals surface area contributed by atoms with E-state index >= 15 is 0 Å². The summed E-state index contributed by atoms with van der Waals surface area (Å²) in [5, 5.41) is 0. The average Bonchev–Trinajstić information content (AvgIpc) is 2.06. The van der Waals surface area contributed by atoms with Gasteiger partial charge in [-0.3, -0.25) is 0 Å². The Hall–Kier alpha value is -0.129. The number of benzene rings is 1. The Kier molecular flexibility index (Phi) is 5.90. The van der Waals surface area contributed by atoms with Crippen LogP contribution in [0.2, 0.25) is 58.9 Å². The van der Waals surface area contributed by atoms with Crippen molar-refractivity contribution in [3.63, 3.8) is 0 Å². The normalized spacial score (nSPS) is 13.6. The molecule has 0 aliphatic carbocycles. The van der Waals surface area contributed by atoms with Gasteiger partial charge in [-0.1, -0.05) is 76.6 Å². The zero-order chi connectivity index (χ0) is 16.5. The molecule has 0 aromatic heterocycles. The van der Waals surface area contributed by atoms with Gasteiger partial charge in [-0.15, -0.1) is 0 Å². The highest BCUT2D eigenvalue weighted by molar-refractivity contribution is 6.76. The first-order valence-corrected chi connectivity index (χ1v) is 19.4. The number of hydrogen-bond acceptors (Lipinski definition) is 0. The van der Waals surface area contributed by atoms with E-state index in [9.17, 15) is 0 Å². The first-order valence-electron chi connectivity index (χ1n) is 8.28. The average molecular weight is 336 g/mol. The molecular weight excluding hydrogens is 300 g/mol. The third kappa shape index (κ3) is 8.79. The van der Waals surface area contributed by atoms with Crippen LogP contribution in [0.1, 0.15) is 16.7 Å². The first-order chi connectivity index (χ1) is 9.23. The Morgan fingerprint density at radius 1 is 0.619 bits per heavy atom. The molecule has 0 fully saturated rings. The van der Waals surface area contributed by atoms with E-state index in [0.29, 0.717) is 0 Å². The maximum absolute atomic E-state index is 3.77. The second-order valence-corrected chi connectivity index (χ2v) is 26.7. The van der Waals surface area contributed by atoms with Gasteiger partial charge in [0, 0.05) is 24.2 Å². The molecule has 1 radical (unpaired) electrons. The largest absolute Gasteiger partial charge is 0.0693 e. The molecule has 1 rings (SSSR count). The minimum absolute atomic E-state index is 1.05. The lowest BCUT2D eigenvalue weighted by Crippen LogP contribution is -2.27. The second-order valence-electron chi connectivity index (χ2n) is 10.3. The lowest BCUT2D eigenvalue weighted by molar-refractivity contribution is 1.18. The van der Waals surface area contributed by atoms with E-state index < -0.39 is 24.2 Å². The van der Waals surface area contributed by atoms with Crippen LogP contribution in [-0.4, -0.2) is 24.2 Å². The fourth-order valence-corrected chi connectivity index (χ4v) is 6.91. The van der Waals surface area contributed by atoms with Gasteiger partial charge in [-0.25, -0.2) is 0 Å². The molecule has 0 bridgehead atoms. The molecule has 0 nitrogen and oxygen atoms in total. The van der Waals surface area contributed by atoms with Crippen molar-refractivity contribution < 1.29 is 0 Å². The summed E-state index contributed by atoms with van der Waals surface area (Å²) >= 11 is 0. The molecular formula is C18H35Si3. The molecule has 0 amide bonds. The van der Waals surface area contributed by atoms with Crippen LogP contribution in [0.25, 0.3) is 0 Å². The lowest BCUT2D eigenvalue weighted by atomic mass is 10.1. The van der Waals surface area contributed by atoms with Gasteiger partial charge in [0.05, 0.1) is 0 Å². The van der Waals surface area contributed by atoms with Crippen LogP contribution in [0.4, 0.5) is 0 Å². The second kappa shape index (κ2) is 6.55. The Labute approximate surface area is 136 Å². The van der Waals surface area contributed by atoms with E-state index in [1.165, 1.54) is 29.3 Å². The van der Waals surface area contributed by atoms with E-state index in [-0.39, 0.29) is 0 Å². The Bertz CT molecular complexity index is 387. The van der Waals surface area contributed by atoms with Gasteiger partial charge in [0.25, 0.3) is 0 Å². The van der Waals surface area contributed by atoms with Crippen LogP contribution in [0, 0.1) is 6.07 Å². The molecule has 0 aliphatic heterocycles. The number of rotatable bonds is 6. The summed E-state index contributed by atoms with van der Waals surface area (Å²) in [6.45, 7) is 22.2. The van der Waals surface area contributed by atoms with E-state index in [2.05, 4.69) is 77.1 Å². The summed E-state index contributed by atoms with van der Waals surface area (Å²) in [6, 6.07) is 12.5. The third-order valence-electron chi connectivity index (χ3n) is 3.22. The zero-order valence-corrected chi connectivity index (χ0v) is 18.8. The molecule has 0 saturated carbocycles. The van der Waals surface area contributed by atoms with Gasteiger partial charge >= 0.3 is 0 Å². The quantitative estimate of drug-likeness (QED) is 0.581. The van der Waals surface area contributed by atoms with Gasteiger partial charge in [-0.2, -0.15) is 0 Å². The monoisotopic (exact) mass is 335 g/mol. The summed E-state index contributed by atoms with van der Waals surface area (Å²) < 4.78 is 0. The van der Waals surface area contributed by atoms with Crippen LogP contribution in [0.3, 0.4) is 0 Å². The van der Waals surface area contributed by atoms with Crippen molar-refractivity contribution in [2.75, 3.05) is 0 Å². The van der Waals surface area contributed by atoms with Gasteiger partial charge in [0.2, 0.25) is 0 Å². The fraction of sp³-hybridized carbons (Fsp3) is 0.667. The minimum atomic E-state index is -1.07. The Balaban J connectivity index is 3.13. The molecule has 1 aromatic rings. The van der Waals surface area contributed by atoms with Crippen LogP contribution in [-0.2, 0) is 18.1 Å². The maximum Gasteiger partial charge on any atom is 0.0487 e. The van der Waals surface area contributed by atoms with Crippen molar-refractivity contribution in [2.45, 2.75) is 77.1 Å². The molecule has 0 heterocycles. The van der Waals surface area contributed by atoms with Crippen molar-refractivity contribution in [1.82, 2.24) is 0 Å². The SMILES string of the molecule is C[Si](C)(C)Cc1[c]c(C[Si](C)(C)C)cc(C[Si](C)(C)C)c1. The summed E-state index contributed by atoms with van der Waals surface area (Å²) in [6.07, 6.45) is 0. The molecule has 0 atom stereocenters. The van der Waals surface area contributed by atoms with Crippen molar-refractivity contribution in [2.24, 2.45) is 0 Å². The molecule has 0 saturated heterocycles. The Morgan fingerprint density at radius 2 is 0.952 bits per heavy atom. The molecule has 21 heavy (non-hydrogen) atoms. The highest BCUT2D eigenvalue weighted by Gasteiger charge is 2.20. The molecule has 119 valence electrons. The van der Waals surface area contributed by atoms with Gasteiger partial charge in [0.15, 0.2) is 0 Å². The van der Waals surface area contributed by atoms with Crippen LogP contribution >= 0.6 is 0 Å². The Morgan fingerprint density at radius 3 is 1.24 bits per heavy atom. The number of hydrogen-bond donors (Lipinski definition) is 0. The van der Waals surface area contributed by atoms with E-state index in [0.717, 1.165) is 0 Å². The summed E-state index contributed by atoms with van der Waals surface area (Å²) in [7, 11) is -3.19. The van der Waals surface area contributed by atoms with Gasteiger partial charge < -0.3 is 0 Å². The third-order valence-corrected chi connectivity index (χ3v) is 7.57. The standard InChI is InChI=1S/C18H35Si3/c1-19(2,3)13-16-10-17(14-20(4,5)6)12-18(11-16)15-21(7,8)9/h10-11H,13-15H2,1-9H3. The molecule has 0 N–H and O–H groups in total. The highest BCUT2D eigenvalue weighted by atomic mass is 28.3. The minimum Gasteiger partial charge on any atom is -0.0693 e. The lowest BCUT2D eigenvalue weighted by Gasteiger charge is -2.22. The van der Waals surface area contributed by atoms with Crippen molar-refractivity contribution >= 4 is 24.2 Å². The zero-order valence-electron chi connectivity index (χ0n) is 15.8. The summed E-state index contributed by atoms with van der Waals surface area (Å²) in [5.74, 6) is 0. The predicted octanol–water partition coefficient (Wildman–Crippen LogP) is 5.75. The van der Waals surface area contributed by atoms with E-state index in [4.69, 9.17) is 0 Å². The molecule has 1 aromatic carbocycles. The topological polar surface area (TPSA) is 0 Å². The highest BCUT2D eigenvalue weighted by Crippen LogP contribution is 2.21. The van der Waals surface area contributed by atoms with Gasteiger partial charge in [0.1, 0.15) is 0 Å². The van der Waals surface area contributed by atoms with Crippen LogP contribution < -0.4 is 0 Å². The first kappa shape index (κ1) is 18.9. The summed E-state index contributed by atoms with van der Waals surface area (Å²) in [5.41, 5.74) is 4.55. The smallest absolute Gasteiger partial charge is 0.0487 e. The van der Waals surface area contributed by atoms with Crippen molar-refractivity contribution in [1.29, 1.82) is 0 Å². The molecule has 0 aliphatic rings. The molecule has 3 heteroatoms. The van der Waals surface area contributed by atoms with E-state index in [1.807, 2.05) is 0 Å². The van der Waals surface area contributed by atoms with Gasteiger partial charge in [-0.05, 0) is 35.3 Å². The summed E-state index contributed by atoms with van der Waals surface area (Å²) in [4.78, 5) is 0. The fourth-order valence-electron chi connectivity index (χ4n) is 2.82.